The fourth-order valence-electron chi connectivity index (χ4n) is 1.64. The zero-order valence-corrected chi connectivity index (χ0v) is 15.4. The van der Waals surface area contributed by atoms with E-state index in [4.69, 9.17) is 12.2 Å². The Hall–Kier alpha value is -1.44. The van der Waals surface area contributed by atoms with Crippen LogP contribution < -0.4 is 10.7 Å². The number of nitrogens with zero attached hydrogens (tertiary/aromatic N) is 1. The lowest BCUT2D eigenvalue weighted by molar-refractivity contribution is 0.468. The minimum Gasteiger partial charge on any atom is -0.506 e. The van der Waals surface area contributed by atoms with Gasteiger partial charge in [0.05, 0.1) is 15.2 Å². The average Bonchev–Trinajstić information content (AvgIpc) is 2.51. The molecule has 0 heterocycles. The second kappa shape index (κ2) is 8.26. The van der Waals surface area contributed by atoms with Gasteiger partial charge in [0, 0.05) is 6.54 Å². The molecule has 0 aliphatic heterocycles. The quantitative estimate of drug-likeness (QED) is 0.381. The third-order valence-corrected chi connectivity index (χ3v) is 4.16. The summed E-state index contributed by atoms with van der Waals surface area (Å²) in [4.78, 5) is 0. The van der Waals surface area contributed by atoms with Crippen molar-refractivity contribution in [2.24, 2.45) is 5.10 Å². The van der Waals surface area contributed by atoms with E-state index in [0.717, 1.165) is 11.1 Å². The van der Waals surface area contributed by atoms with Crippen molar-refractivity contribution in [2.45, 2.75) is 6.54 Å². The Balaban J connectivity index is 1.85. The van der Waals surface area contributed by atoms with Gasteiger partial charge in [-0.2, -0.15) is 5.10 Å². The van der Waals surface area contributed by atoms with Gasteiger partial charge in [-0.15, -0.1) is 0 Å². The molecule has 0 spiro atoms. The minimum absolute atomic E-state index is 0.158. The molecule has 7 heteroatoms. The number of hydrogen-bond acceptors (Lipinski definition) is 3. The average molecular weight is 443 g/mol. The van der Waals surface area contributed by atoms with E-state index in [1.807, 2.05) is 30.3 Å². The van der Waals surface area contributed by atoms with Crippen LogP contribution in [0.2, 0.25) is 0 Å². The molecule has 4 nitrogen and oxygen atoms in total. The van der Waals surface area contributed by atoms with Crippen molar-refractivity contribution in [3.8, 4) is 5.75 Å². The first-order valence-electron chi connectivity index (χ1n) is 6.35. The van der Waals surface area contributed by atoms with Crippen LogP contribution in [0, 0.1) is 0 Å². The summed E-state index contributed by atoms with van der Waals surface area (Å²) in [5, 5.41) is 17.2. The molecule has 0 saturated heterocycles. The van der Waals surface area contributed by atoms with Crippen molar-refractivity contribution in [3.63, 3.8) is 0 Å². The van der Waals surface area contributed by atoms with Crippen molar-refractivity contribution in [1.29, 1.82) is 0 Å². The van der Waals surface area contributed by atoms with E-state index in [1.54, 1.807) is 18.3 Å². The summed E-state index contributed by atoms with van der Waals surface area (Å²) < 4.78 is 1.18. The number of halogens is 2. The molecule has 0 saturated carbocycles. The fourth-order valence-corrected chi connectivity index (χ4v) is 2.99. The number of thiocarbonyl (C=S) groups is 1. The van der Waals surface area contributed by atoms with Crippen molar-refractivity contribution in [1.82, 2.24) is 10.7 Å². The van der Waals surface area contributed by atoms with Crippen LogP contribution in [-0.4, -0.2) is 16.4 Å². The highest BCUT2D eigenvalue weighted by molar-refractivity contribution is 9.11. The molecule has 0 aromatic heterocycles. The number of benzene rings is 2. The summed E-state index contributed by atoms with van der Waals surface area (Å²) in [6.07, 6.45) is 1.62. The lowest BCUT2D eigenvalue weighted by atomic mass is 10.2. The van der Waals surface area contributed by atoms with Gasteiger partial charge in [-0.1, -0.05) is 30.3 Å². The van der Waals surface area contributed by atoms with E-state index in [1.165, 1.54) is 0 Å². The highest BCUT2D eigenvalue weighted by Crippen LogP contribution is 2.32. The molecule has 0 amide bonds. The molecule has 0 fully saturated rings. The first-order chi connectivity index (χ1) is 10.6. The predicted molar refractivity (Wildman–Crippen MR) is 100 cm³/mol. The first kappa shape index (κ1) is 16.9. The predicted octanol–water partition coefficient (Wildman–Crippen LogP) is 3.92. The van der Waals surface area contributed by atoms with E-state index >= 15 is 0 Å². The molecule has 0 aliphatic rings. The highest BCUT2D eigenvalue weighted by Gasteiger charge is 2.04. The fraction of sp³-hybridized carbons (Fsp3) is 0.0667. The van der Waals surface area contributed by atoms with E-state index in [9.17, 15) is 5.11 Å². The van der Waals surface area contributed by atoms with Gasteiger partial charge in [-0.25, -0.2) is 0 Å². The molecule has 3 N–H and O–H groups in total. The lowest BCUT2D eigenvalue weighted by Gasteiger charge is -2.07. The molecule has 2 rings (SSSR count). The van der Waals surface area contributed by atoms with Gasteiger partial charge in [0.25, 0.3) is 0 Å². The van der Waals surface area contributed by atoms with E-state index in [-0.39, 0.29) is 5.75 Å². The number of nitrogens with one attached hydrogen (secondary N) is 2. The van der Waals surface area contributed by atoms with Gasteiger partial charge in [-0.05, 0) is 67.3 Å². The first-order valence-corrected chi connectivity index (χ1v) is 8.34. The van der Waals surface area contributed by atoms with Crippen LogP contribution in [0.15, 0.2) is 56.5 Å². The molecule has 114 valence electrons. The van der Waals surface area contributed by atoms with Crippen molar-refractivity contribution >= 4 is 55.4 Å². The van der Waals surface area contributed by atoms with Crippen LogP contribution in [0.1, 0.15) is 11.1 Å². The third kappa shape index (κ3) is 5.08. The molecule has 0 atom stereocenters. The Kier molecular flexibility index (Phi) is 6.35. The summed E-state index contributed by atoms with van der Waals surface area (Å²) in [6, 6.07) is 13.5. The molecule has 22 heavy (non-hydrogen) atoms. The van der Waals surface area contributed by atoms with Gasteiger partial charge < -0.3 is 10.4 Å². The number of rotatable bonds is 4. The number of phenols is 1. The molecule has 2 aromatic rings. The van der Waals surface area contributed by atoms with Crippen LogP contribution in [-0.2, 0) is 6.54 Å². The van der Waals surface area contributed by atoms with Gasteiger partial charge in [0.1, 0.15) is 5.75 Å². The summed E-state index contributed by atoms with van der Waals surface area (Å²) in [6.45, 7) is 0.637. The van der Waals surface area contributed by atoms with Gasteiger partial charge in [0.2, 0.25) is 0 Å². The van der Waals surface area contributed by atoms with E-state index in [2.05, 4.69) is 47.7 Å². The number of hydrogen-bond donors (Lipinski definition) is 3. The topological polar surface area (TPSA) is 56.7 Å². The van der Waals surface area contributed by atoms with Crippen molar-refractivity contribution < 1.29 is 5.11 Å². The summed E-state index contributed by atoms with van der Waals surface area (Å²) >= 11 is 11.7. The molecule has 2 aromatic carbocycles. The SMILES string of the molecule is Oc1c(Br)cc(/C=N\NC(=S)NCc2ccccc2)cc1Br. The number of hydrazone groups is 1. The minimum atomic E-state index is 0.158. The van der Waals surface area contributed by atoms with Crippen LogP contribution in [0.5, 0.6) is 5.75 Å². The second-order valence-electron chi connectivity index (χ2n) is 4.37. The van der Waals surface area contributed by atoms with Crippen LogP contribution in [0.4, 0.5) is 0 Å². The second-order valence-corrected chi connectivity index (χ2v) is 6.49. The molecule has 0 unspecified atom stereocenters. The summed E-state index contributed by atoms with van der Waals surface area (Å²) in [5.74, 6) is 0.158. The number of phenolic OH excluding ortho intramolecular Hbond substituents is 1. The van der Waals surface area contributed by atoms with Gasteiger partial charge >= 0.3 is 0 Å². The maximum atomic E-state index is 9.64. The maximum Gasteiger partial charge on any atom is 0.187 e. The van der Waals surface area contributed by atoms with E-state index < -0.39 is 0 Å². The highest BCUT2D eigenvalue weighted by atomic mass is 79.9. The smallest absolute Gasteiger partial charge is 0.187 e. The monoisotopic (exact) mass is 441 g/mol. The Bertz CT molecular complexity index is 669. The third-order valence-electron chi connectivity index (χ3n) is 2.71. The van der Waals surface area contributed by atoms with Crippen molar-refractivity contribution in [2.75, 3.05) is 0 Å². The Labute approximate surface area is 150 Å². The molecular formula is C15H13Br2N3OS. The Morgan fingerprint density at radius 2 is 1.82 bits per heavy atom. The van der Waals surface area contributed by atoms with Crippen LogP contribution in [0.25, 0.3) is 0 Å². The van der Waals surface area contributed by atoms with E-state index in [0.29, 0.717) is 20.6 Å². The summed E-state index contributed by atoms with van der Waals surface area (Å²) in [7, 11) is 0. The number of aromatic hydroxyl groups is 1. The summed E-state index contributed by atoms with van der Waals surface area (Å²) in [5.41, 5.74) is 4.71. The normalized spacial score (nSPS) is 10.6. The largest absolute Gasteiger partial charge is 0.506 e. The lowest BCUT2D eigenvalue weighted by Crippen LogP contribution is -2.31. The maximum absolute atomic E-state index is 9.64. The van der Waals surface area contributed by atoms with Crippen molar-refractivity contribution in [3.05, 3.63) is 62.5 Å². The zero-order chi connectivity index (χ0) is 15.9. The molecule has 0 bridgehead atoms. The standard InChI is InChI=1S/C15H13Br2N3OS/c16-12-6-11(7-13(17)14(12)21)9-19-20-15(22)18-8-10-4-2-1-3-5-10/h1-7,9,21H,8H2,(H2,18,20,22)/b19-9-. The molecule has 0 radical (unpaired) electrons. The Morgan fingerprint density at radius 1 is 1.18 bits per heavy atom. The van der Waals surface area contributed by atoms with Crippen LogP contribution >= 0.6 is 44.1 Å². The molecule has 0 aliphatic carbocycles. The Morgan fingerprint density at radius 3 is 2.45 bits per heavy atom. The zero-order valence-electron chi connectivity index (χ0n) is 11.4. The van der Waals surface area contributed by atoms with Crippen LogP contribution in [0.3, 0.4) is 0 Å². The van der Waals surface area contributed by atoms with Gasteiger partial charge in [0.15, 0.2) is 5.11 Å². The molecular weight excluding hydrogens is 430 g/mol. The van der Waals surface area contributed by atoms with Gasteiger partial charge in [-0.3, -0.25) is 5.43 Å².